The summed E-state index contributed by atoms with van der Waals surface area (Å²) in [4.78, 5) is 28.7. The minimum Gasteiger partial charge on any atom is -0.469 e. The first kappa shape index (κ1) is 11.1. The van der Waals surface area contributed by atoms with Gasteiger partial charge in [-0.15, -0.1) is 11.3 Å². The fraction of sp³-hybridized carbons (Fsp3) is 0.500. The Hall–Kier alpha value is -1.43. The Morgan fingerprint density at radius 3 is 3.19 bits per heavy atom. The lowest BCUT2D eigenvalue weighted by Crippen LogP contribution is -2.26. The molecule has 1 aromatic heterocycles. The first-order chi connectivity index (χ1) is 7.70. The molecule has 0 aliphatic carbocycles. The summed E-state index contributed by atoms with van der Waals surface area (Å²) in [5, 5.41) is 2.76. The zero-order chi connectivity index (χ0) is 11.5. The summed E-state index contributed by atoms with van der Waals surface area (Å²) in [6.07, 6.45) is 1.95. The van der Waals surface area contributed by atoms with Gasteiger partial charge in [0.15, 0.2) is 0 Å². The third kappa shape index (κ3) is 2.21. The topological polar surface area (TPSA) is 59.5 Å². The van der Waals surface area contributed by atoms with Crippen LogP contribution < -0.4 is 0 Å². The summed E-state index contributed by atoms with van der Waals surface area (Å²) in [5.74, 6) is -0.641. The third-order valence-electron chi connectivity index (χ3n) is 2.56. The molecule has 2 heterocycles. The molecule has 1 unspecified atom stereocenters. The van der Waals surface area contributed by atoms with Crippen LogP contribution in [0.5, 0.6) is 0 Å². The van der Waals surface area contributed by atoms with Crippen molar-refractivity contribution in [2.75, 3.05) is 13.7 Å². The molecule has 0 radical (unpaired) electrons. The standard InChI is InChI=1S/C10H12N2O3S/c1-15-10(14)7-4-9(13)12(5-7)6-8-11-2-3-16-8/h2-3,7H,4-6H2,1H3. The molecule has 1 aliphatic heterocycles. The number of aromatic nitrogens is 1. The van der Waals surface area contributed by atoms with Crippen LogP contribution in [0.3, 0.4) is 0 Å². The number of thiazole rings is 1. The van der Waals surface area contributed by atoms with Crippen molar-refractivity contribution in [2.24, 2.45) is 5.92 Å². The van der Waals surface area contributed by atoms with Crippen LogP contribution in [0.1, 0.15) is 11.4 Å². The molecule has 5 nitrogen and oxygen atoms in total. The van der Waals surface area contributed by atoms with Crippen molar-refractivity contribution in [1.82, 2.24) is 9.88 Å². The number of ether oxygens (including phenoxy) is 1. The molecule has 0 bridgehead atoms. The Morgan fingerprint density at radius 1 is 1.75 bits per heavy atom. The summed E-state index contributed by atoms with van der Waals surface area (Å²) in [7, 11) is 1.34. The van der Waals surface area contributed by atoms with Crippen LogP contribution in [0.25, 0.3) is 0 Å². The maximum Gasteiger partial charge on any atom is 0.310 e. The molecule has 0 N–H and O–H groups in total. The summed E-state index contributed by atoms with van der Waals surface area (Å²) < 4.78 is 4.64. The number of carbonyl (C=O) groups excluding carboxylic acids is 2. The SMILES string of the molecule is COC(=O)C1CC(=O)N(Cc2nccs2)C1. The van der Waals surface area contributed by atoms with Gasteiger partial charge in [-0.3, -0.25) is 9.59 Å². The molecule has 86 valence electrons. The van der Waals surface area contributed by atoms with Gasteiger partial charge in [-0.05, 0) is 0 Å². The molecule has 1 amide bonds. The van der Waals surface area contributed by atoms with Gasteiger partial charge in [0.1, 0.15) is 5.01 Å². The molecule has 1 fully saturated rings. The highest BCUT2D eigenvalue weighted by atomic mass is 32.1. The zero-order valence-corrected chi connectivity index (χ0v) is 9.70. The average molecular weight is 240 g/mol. The molecule has 2 rings (SSSR count). The summed E-state index contributed by atoms with van der Waals surface area (Å²) in [6, 6.07) is 0. The minimum atomic E-state index is -0.322. The van der Waals surface area contributed by atoms with E-state index in [9.17, 15) is 9.59 Å². The zero-order valence-electron chi connectivity index (χ0n) is 8.88. The molecule has 0 aromatic carbocycles. The number of hydrogen-bond donors (Lipinski definition) is 0. The number of hydrogen-bond acceptors (Lipinski definition) is 5. The van der Waals surface area contributed by atoms with Crippen molar-refractivity contribution < 1.29 is 14.3 Å². The van der Waals surface area contributed by atoms with Crippen molar-refractivity contribution in [3.63, 3.8) is 0 Å². The van der Waals surface area contributed by atoms with Crippen LogP contribution in [0.15, 0.2) is 11.6 Å². The van der Waals surface area contributed by atoms with Crippen molar-refractivity contribution in [3.05, 3.63) is 16.6 Å². The van der Waals surface area contributed by atoms with Gasteiger partial charge in [-0.1, -0.05) is 0 Å². The van der Waals surface area contributed by atoms with Crippen molar-refractivity contribution in [3.8, 4) is 0 Å². The van der Waals surface area contributed by atoms with Crippen LogP contribution in [0, 0.1) is 5.92 Å². The van der Waals surface area contributed by atoms with Crippen molar-refractivity contribution >= 4 is 23.2 Å². The summed E-state index contributed by atoms with van der Waals surface area (Å²) >= 11 is 1.51. The highest BCUT2D eigenvalue weighted by Gasteiger charge is 2.35. The van der Waals surface area contributed by atoms with Gasteiger partial charge in [0.05, 0.1) is 19.6 Å². The molecule has 6 heteroatoms. The number of rotatable bonds is 3. The lowest BCUT2D eigenvalue weighted by atomic mass is 10.1. The Balaban J connectivity index is 1.97. The van der Waals surface area contributed by atoms with Crippen molar-refractivity contribution in [2.45, 2.75) is 13.0 Å². The molecule has 1 saturated heterocycles. The fourth-order valence-corrected chi connectivity index (χ4v) is 2.37. The van der Waals surface area contributed by atoms with Gasteiger partial charge in [0, 0.05) is 24.5 Å². The second-order valence-electron chi connectivity index (χ2n) is 3.62. The maximum absolute atomic E-state index is 11.6. The Bertz CT molecular complexity index is 391. The van der Waals surface area contributed by atoms with E-state index >= 15 is 0 Å². The summed E-state index contributed by atoms with van der Waals surface area (Å²) in [6.45, 7) is 0.926. The molecular weight excluding hydrogens is 228 g/mol. The molecular formula is C10H12N2O3S. The van der Waals surface area contributed by atoms with E-state index in [0.29, 0.717) is 13.1 Å². The monoisotopic (exact) mass is 240 g/mol. The predicted molar refractivity (Wildman–Crippen MR) is 57.7 cm³/mol. The Morgan fingerprint density at radius 2 is 2.56 bits per heavy atom. The number of nitrogens with zero attached hydrogens (tertiary/aromatic N) is 2. The highest BCUT2D eigenvalue weighted by Crippen LogP contribution is 2.21. The quantitative estimate of drug-likeness (QED) is 0.728. The van der Waals surface area contributed by atoms with Crippen LogP contribution >= 0.6 is 11.3 Å². The van der Waals surface area contributed by atoms with Gasteiger partial charge in [0.25, 0.3) is 0 Å². The number of likely N-dealkylation sites (tertiary alicyclic amines) is 1. The first-order valence-electron chi connectivity index (χ1n) is 4.94. The van der Waals surface area contributed by atoms with Gasteiger partial charge >= 0.3 is 5.97 Å². The van der Waals surface area contributed by atoms with E-state index < -0.39 is 0 Å². The van der Waals surface area contributed by atoms with Crippen LogP contribution in [0.4, 0.5) is 0 Å². The largest absolute Gasteiger partial charge is 0.469 e. The second kappa shape index (κ2) is 4.61. The van der Waals surface area contributed by atoms with E-state index in [1.54, 1.807) is 11.1 Å². The first-order valence-corrected chi connectivity index (χ1v) is 5.82. The summed E-state index contributed by atoms with van der Waals surface area (Å²) in [5.41, 5.74) is 0. The van der Waals surface area contributed by atoms with Gasteiger partial charge < -0.3 is 9.64 Å². The molecule has 1 atom stereocenters. The van der Waals surface area contributed by atoms with E-state index in [2.05, 4.69) is 9.72 Å². The molecule has 1 aromatic rings. The van der Waals surface area contributed by atoms with Crippen LogP contribution in [-0.4, -0.2) is 35.4 Å². The number of carbonyl (C=O) groups is 2. The number of amides is 1. The number of methoxy groups -OCH3 is 1. The number of esters is 1. The molecule has 0 saturated carbocycles. The van der Waals surface area contributed by atoms with Crippen LogP contribution in [0.2, 0.25) is 0 Å². The third-order valence-corrected chi connectivity index (χ3v) is 3.32. The van der Waals surface area contributed by atoms with E-state index in [-0.39, 0.29) is 24.2 Å². The maximum atomic E-state index is 11.6. The van der Waals surface area contributed by atoms with E-state index in [4.69, 9.17) is 0 Å². The normalized spacial score (nSPS) is 20.2. The molecule has 0 spiro atoms. The van der Waals surface area contributed by atoms with E-state index in [0.717, 1.165) is 5.01 Å². The lowest BCUT2D eigenvalue weighted by Gasteiger charge is -2.13. The average Bonchev–Trinajstić information content (AvgIpc) is 2.89. The van der Waals surface area contributed by atoms with Crippen LogP contribution in [-0.2, 0) is 20.9 Å². The predicted octanol–water partition coefficient (Wildman–Crippen LogP) is 0.665. The highest BCUT2D eigenvalue weighted by molar-refractivity contribution is 7.09. The smallest absolute Gasteiger partial charge is 0.310 e. The minimum absolute atomic E-state index is 0.00870. The van der Waals surface area contributed by atoms with E-state index in [1.807, 2.05) is 5.38 Å². The molecule has 16 heavy (non-hydrogen) atoms. The van der Waals surface area contributed by atoms with E-state index in [1.165, 1.54) is 18.4 Å². The van der Waals surface area contributed by atoms with Gasteiger partial charge in [-0.2, -0.15) is 0 Å². The molecule has 1 aliphatic rings. The van der Waals surface area contributed by atoms with Gasteiger partial charge in [0.2, 0.25) is 5.91 Å². The Labute approximate surface area is 97.0 Å². The fourth-order valence-electron chi connectivity index (χ4n) is 1.74. The lowest BCUT2D eigenvalue weighted by molar-refractivity contribution is -0.145. The van der Waals surface area contributed by atoms with Crippen molar-refractivity contribution in [1.29, 1.82) is 0 Å². The van der Waals surface area contributed by atoms with Gasteiger partial charge in [-0.25, -0.2) is 4.98 Å². The Kier molecular flexibility index (Phi) is 3.19. The second-order valence-corrected chi connectivity index (χ2v) is 4.60.